The number of ether oxygens (including phenoxy) is 1. The third-order valence-corrected chi connectivity index (χ3v) is 3.51. The molecule has 0 aliphatic carbocycles. The monoisotopic (exact) mass is 290 g/mol. The van der Waals surface area contributed by atoms with Crippen LogP contribution in [0.15, 0.2) is 29.1 Å². The smallest absolute Gasteiger partial charge is 0.262 e. The molecule has 1 unspecified atom stereocenters. The molecule has 110 valence electrons. The van der Waals surface area contributed by atoms with Crippen LogP contribution in [-0.4, -0.2) is 27.8 Å². The van der Waals surface area contributed by atoms with Crippen molar-refractivity contribution in [2.45, 2.75) is 25.4 Å². The van der Waals surface area contributed by atoms with E-state index in [4.69, 9.17) is 4.74 Å². The number of aromatic hydroxyl groups is 1. The molecule has 1 fully saturated rings. The Morgan fingerprint density at radius 3 is 3.00 bits per heavy atom. The summed E-state index contributed by atoms with van der Waals surface area (Å²) in [6.45, 7) is 0.711. The van der Waals surface area contributed by atoms with Gasteiger partial charge in [0.1, 0.15) is 17.2 Å². The molecule has 1 aromatic carbocycles. The van der Waals surface area contributed by atoms with E-state index < -0.39 is 17.3 Å². The lowest BCUT2D eigenvalue weighted by Crippen LogP contribution is -2.18. The van der Waals surface area contributed by atoms with E-state index in [-0.39, 0.29) is 11.7 Å². The van der Waals surface area contributed by atoms with Crippen LogP contribution in [0.2, 0.25) is 0 Å². The number of H-pyrrole nitrogens is 1. The molecule has 0 spiro atoms. The number of nitrogens with zero attached hydrogens (tertiary/aromatic N) is 1. The van der Waals surface area contributed by atoms with Crippen LogP contribution < -0.4 is 5.56 Å². The summed E-state index contributed by atoms with van der Waals surface area (Å²) in [5.41, 5.74) is -0.211. The SMILES string of the molecule is O=c1[nH]c(CC2CCCO2)nc(O)c1-c1cccc(F)c1. The van der Waals surface area contributed by atoms with E-state index >= 15 is 0 Å². The first-order valence-electron chi connectivity index (χ1n) is 6.83. The molecule has 1 atom stereocenters. The van der Waals surface area contributed by atoms with E-state index in [0.717, 1.165) is 12.8 Å². The predicted octanol–water partition coefficient (Wildman–Crippen LogP) is 2.00. The van der Waals surface area contributed by atoms with Gasteiger partial charge in [0, 0.05) is 13.0 Å². The van der Waals surface area contributed by atoms with Gasteiger partial charge in [-0.1, -0.05) is 12.1 Å². The third kappa shape index (κ3) is 2.95. The molecule has 1 aromatic heterocycles. The van der Waals surface area contributed by atoms with Crippen molar-refractivity contribution in [3.63, 3.8) is 0 Å². The van der Waals surface area contributed by atoms with Gasteiger partial charge in [-0.25, -0.2) is 4.39 Å². The maximum absolute atomic E-state index is 13.2. The minimum absolute atomic E-state index is 0.0209. The summed E-state index contributed by atoms with van der Waals surface area (Å²) in [5, 5.41) is 10.00. The lowest BCUT2D eigenvalue weighted by Gasteiger charge is -2.10. The lowest BCUT2D eigenvalue weighted by atomic mass is 10.1. The van der Waals surface area contributed by atoms with E-state index in [1.165, 1.54) is 18.2 Å². The molecule has 2 N–H and O–H groups in total. The fourth-order valence-corrected chi connectivity index (χ4v) is 2.53. The second-order valence-corrected chi connectivity index (χ2v) is 5.06. The summed E-state index contributed by atoms with van der Waals surface area (Å²) < 4.78 is 18.7. The number of rotatable bonds is 3. The van der Waals surface area contributed by atoms with Crippen molar-refractivity contribution >= 4 is 0 Å². The first kappa shape index (κ1) is 13.8. The van der Waals surface area contributed by atoms with Gasteiger partial charge in [-0.15, -0.1) is 0 Å². The molecule has 3 rings (SSSR count). The Balaban J connectivity index is 1.94. The molecule has 2 aromatic rings. The van der Waals surface area contributed by atoms with Crippen LogP contribution in [0.3, 0.4) is 0 Å². The number of hydrogen-bond acceptors (Lipinski definition) is 4. The van der Waals surface area contributed by atoms with E-state index in [0.29, 0.717) is 24.4 Å². The number of benzene rings is 1. The minimum Gasteiger partial charge on any atom is -0.493 e. The summed E-state index contributed by atoms with van der Waals surface area (Å²) >= 11 is 0. The van der Waals surface area contributed by atoms with Crippen LogP contribution in [0, 0.1) is 5.82 Å². The number of aromatic nitrogens is 2. The maximum Gasteiger partial charge on any atom is 0.262 e. The molecule has 2 heterocycles. The number of hydrogen-bond donors (Lipinski definition) is 2. The first-order chi connectivity index (χ1) is 10.1. The highest BCUT2D eigenvalue weighted by molar-refractivity contribution is 5.67. The summed E-state index contributed by atoms with van der Waals surface area (Å²) in [6, 6.07) is 5.48. The van der Waals surface area contributed by atoms with Crippen LogP contribution >= 0.6 is 0 Å². The van der Waals surface area contributed by atoms with Crippen molar-refractivity contribution in [2.24, 2.45) is 0 Å². The van der Waals surface area contributed by atoms with Gasteiger partial charge in [0.15, 0.2) is 0 Å². The van der Waals surface area contributed by atoms with Crippen molar-refractivity contribution in [3.8, 4) is 17.0 Å². The average Bonchev–Trinajstić information content (AvgIpc) is 2.91. The number of halogens is 1. The standard InChI is InChI=1S/C15H15FN2O3/c16-10-4-1-3-9(7-10)13-14(19)17-12(18-15(13)20)8-11-5-2-6-21-11/h1,3-4,7,11H,2,5-6,8H2,(H2,17,18,19,20). The summed E-state index contributed by atoms with van der Waals surface area (Å²) in [7, 11) is 0. The third-order valence-electron chi connectivity index (χ3n) is 3.51. The quantitative estimate of drug-likeness (QED) is 0.906. The van der Waals surface area contributed by atoms with Crippen LogP contribution in [0.4, 0.5) is 4.39 Å². The first-order valence-corrected chi connectivity index (χ1v) is 6.83. The van der Waals surface area contributed by atoms with Crippen LogP contribution in [0.5, 0.6) is 5.88 Å². The van der Waals surface area contributed by atoms with Gasteiger partial charge in [-0.05, 0) is 30.5 Å². The highest BCUT2D eigenvalue weighted by atomic mass is 19.1. The summed E-state index contributed by atoms with van der Waals surface area (Å²) in [6.07, 6.45) is 2.37. The summed E-state index contributed by atoms with van der Waals surface area (Å²) in [4.78, 5) is 18.8. The Hall–Kier alpha value is -2.21. The number of aromatic amines is 1. The largest absolute Gasteiger partial charge is 0.493 e. The zero-order valence-electron chi connectivity index (χ0n) is 11.3. The average molecular weight is 290 g/mol. The molecule has 0 bridgehead atoms. The van der Waals surface area contributed by atoms with Crippen molar-refractivity contribution in [3.05, 3.63) is 46.3 Å². The Labute approximate surface area is 120 Å². The highest BCUT2D eigenvalue weighted by Crippen LogP contribution is 2.24. The van der Waals surface area contributed by atoms with Gasteiger partial charge >= 0.3 is 0 Å². The Kier molecular flexibility index (Phi) is 3.70. The van der Waals surface area contributed by atoms with Crippen LogP contribution in [0.1, 0.15) is 18.7 Å². The molecule has 0 radical (unpaired) electrons. The summed E-state index contributed by atoms with van der Waals surface area (Å²) in [5.74, 6) is -0.489. The van der Waals surface area contributed by atoms with Gasteiger partial charge in [0.05, 0.1) is 6.10 Å². The second-order valence-electron chi connectivity index (χ2n) is 5.06. The van der Waals surface area contributed by atoms with Crippen molar-refractivity contribution in [2.75, 3.05) is 6.61 Å². The molecular formula is C15H15FN2O3. The highest BCUT2D eigenvalue weighted by Gasteiger charge is 2.19. The molecule has 0 amide bonds. The zero-order valence-corrected chi connectivity index (χ0v) is 11.3. The number of nitrogens with one attached hydrogen (secondary N) is 1. The molecule has 1 saturated heterocycles. The topological polar surface area (TPSA) is 75.2 Å². The minimum atomic E-state index is -0.485. The molecule has 0 saturated carbocycles. The molecule has 21 heavy (non-hydrogen) atoms. The van der Waals surface area contributed by atoms with Crippen molar-refractivity contribution < 1.29 is 14.2 Å². The van der Waals surface area contributed by atoms with E-state index in [9.17, 15) is 14.3 Å². The molecule has 1 aliphatic rings. The molecule has 1 aliphatic heterocycles. The maximum atomic E-state index is 13.2. The Morgan fingerprint density at radius 1 is 1.48 bits per heavy atom. The van der Waals surface area contributed by atoms with Gasteiger partial charge < -0.3 is 14.8 Å². The Morgan fingerprint density at radius 2 is 2.33 bits per heavy atom. The van der Waals surface area contributed by atoms with E-state index in [1.54, 1.807) is 6.07 Å². The van der Waals surface area contributed by atoms with E-state index in [1.807, 2.05) is 0 Å². The van der Waals surface area contributed by atoms with Gasteiger partial charge in [0.2, 0.25) is 5.88 Å². The van der Waals surface area contributed by atoms with E-state index in [2.05, 4.69) is 9.97 Å². The second kappa shape index (κ2) is 5.65. The van der Waals surface area contributed by atoms with Gasteiger partial charge in [-0.2, -0.15) is 4.98 Å². The van der Waals surface area contributed by atoms with Crippen molar-refractivity contribution in [1.82, 2.24) is 9.97 Å². The van der Waals surface area contributed by atoms with Gasteiger partial charge in [-0.3, -0.25) is 4.79 Å². The molecule has 5 nitrogen and oxygen atoms in total. The predicted molar refractivity (Wildman–Crippen MR) is 74.6 cm³/mol. The fraction of sp³-hybridized carbons (Fsp3) is 0.333. The van der Waals surface area contributed by atoms with Gasteiger partial charge in [0.25, 0.3) is 5.56 Å². The van der Waals surface area contributed by atoms with Crippen molar-refractivity contribution in [1.29, 1.82) is 0 Å². The zero-order chi connectivity index (χ0) is 14.8. The lowest BCUT2D eigenvalue weighted by molar-refractivity contribution is 0.109. The van der Waals surface area contributed by atoms with Crippen LogP contribution in [0.25, 0.3) is 11.1 Å². The van der Waals surface area contributed by atoms with Crippen LogP contribution in [-0.2, 0) is 11.2 Å². The molecule has 6 heteroatoms. The fourth-order valence-electron chi connectivity index (χ4n) is 2.53. The Bertz CT molecular complexity index is 708. The molecular weight excluding hydrogens is 275 g/mol. The normalized spacial score (nSPS) is 18.0.